The fraction of sp³-hybridized carbons (Fsp3) is 0.769. The first-order valence-corrected chi connectivity index (χ1v) is 6.53. The number of imidazole rings is 1. The highest BCUT2D eigenvalue weighted by atomic mass is 15.2. The summed E-state index contributed by atoms with van der Waals surface area (Å²) < 4.78 is 2.51. The molecule has 3 heterocycles. The first-order valence-electron chi connectivity index (χ1n) is 6.53. The van der Waals surface area contributed by atoms with Crippen LogP contribution in [0.25, 0.3) is 0 Å². The number of aryl methyl sites for hydroxylation is 1. The molecular weight excluding hydrogens is 198 g/mol. The minimum Gasteiger partial charge on any atom is -0.328 e. The Hall–Kier alpha value is -0.830. The van der Waals surface area contributed by atoms with E-state index in [1.807, 2.05) is 0 Å². The van der Waals surface area contributed by atoms with Crippen LogP contribution in [0.5, 0.6) is 0 Å². The summed E-state index contributed by atoms with van der Waals surface area (Å²) in [6.45, 7) is 3.56. The average molecular weight is 219 g/mol. The standard InChI is InChI=1S/C13H21N3/c1-10-5-3-6-11-9-14-13(16(10)11)12-7-4-8-15(12)2/h9-10,12H,3-8H2,1-2H3. The fourth-order valence-electron chi connectivity index (χ4n) is 3.30. The topological polar surface area (TPSA) is 21.1 Å². The summed E-state index contributed by atoms with van der Waals surface area (Å²) in [6, 6.07) is 1.21. The first kappa shape index (κ1) is 10.3. The summed E-state index contributed by atoms with van der Waals surface area (Å²) in [7, 11) is 2.23. The molecule has 0 spiro atoms. The van der Waals surface area contributed by atoms with Gasteiger partial charge in [0.15, 0.2) is 0 Å². The molecule has 2 unspecified atom stereocenters. The minimum atomic E-state index is 0.564. The molecule has 16 heavy (non-hydrogen) atoms. The highest BCUT2D eigenvalue weighted by Gasteiger charge is 2.30. The molecule has 2 aliphatic rings. The maximum Gasteiger partial charge on any atom is 0.126 e. The van der Waals surface area contributed by atoms with Crippen LogP contribution in [0.3, 0.4) is 0 Å². The van der Waals surface area contributed by atoms with Gasteiger partial charge in [-0.15, -0.1) is 0 Å². The van der Waals surface area contributed by atoms with Crippen molar-refractivity contribution in [1.29, 1.82) is 0 Å². The van der Waals surface area contributed by atoms with Gasteiger partial charge in [-0.2, -0.15) is 0 Å². The van der Waals surface area contributed by atoms with Crippen molar-refractivity contribution in [3.63, 3.8) is 0 Å². The summed E-state index contributed by atoms with van der Waals surface area (Å²) in [5.41, 5.74) is 1.45. The van der Waals surface area contributed by atoms with E-state index >= 15 is 0 Å². The molecule has 2 atom stereocenters. The third-order valence-corrected chi connectivity index (χ3v) is 4.22. The Morgan fingerprint density at radius 1 is 1.31 bits per heavy atom. The van der Waals surface area contributed by atoms with Crippen LogP contribution < -0.4 is 0 Å². The Labute approximate surface area is 97.5 Å². The van der Waals surface area contributed by atoms with E-state index in [4.69, 9.17) is 4.98 Å². The second-order valence-electron chi connectivity index (χ2n) is 5.36. The van der Waals surface area contributed by atoms with Crippen LogP contribution in [0.15, 0.2) is 6.20 Å². The number of aromatic nitrogens is 2. The molecule has 0 saturated carbocycles. The summed E-state index contributed by atoms with van der Waals surface area (Å²) in [5, 5.41) is 0. The van der Waals surface area contributed by atoms with Crippen molar-refractivity contribution in [2.45, 2.75) is 51.1 Å². The maximum atomic E-state index is 4.70. The molecule has 1 aromatic heterocycles. The molecule has 2 aliphatic heterocycles. The molecule has 0 aliphatic carbocycles. The average Bonchev–Trinajstić information content (AvgIpc) is 2.84. The summed E-state index contributed by atoms with van der Waals surface area (Å²) in [5.74, 6) is 1.32. The molecule has 88 valence electrons. The van der Waals surface area contributed by atoms with E-state index in [0.29, 0.717) is 12.1 Å². The van der Waals surface area contributed by atoms with Crippen molar-refractivity contribution >= 4 is 0 Å². The number of nitrogens with zero attached hydrogens (tertiary/aromatic N) is 3. The molecule has 3 nitrogen and oxygen atoms in total. The molecule has 1 saturated heterocycles. The normalized spacial score (nSPS) is 30.6. The molecule has 0 bridgehead atoms. The molecule has 0 amide bonds. The Morgan fingerprint density at radius 2 is 2.19 bits per heavy atom. The molecular formula is C13H21N3. The smallest absolute Gasteiger partial charge is 0.126 e. The zero-order valence-corrected chi connectivity index (χ0v) is 10.3. The van der Waals surface area contributed by atoms with Crippen molar-refractivity contribution in [3.8, 4) is 0 Å². The van der Waals surface area contributed by atoms with Crippen LogP contribution in [0, 0.1) is 0 Å². The van der Waals surface area contributed by atoms with Gasteiger partial charge in [0.05, 0.1) is 6.04 Å². The van der Waals surface area contributed by atoms with Gasteiger partial charge in [-0.25, -0.2) is 4.98 Å². The summed E-state index contributed by atoms with van der Waals surface area (Å²) >= 11 is 0. The van der Waals surface area contributed by atoms with E-state index in [9.17, 15) is 0 Å². The van der Waals surface area contributed by atoms with Gasteiger partial charge in [-0.1, -0.05) is 0 Å². The van der Waals surface area contributed by atoms with Gasteiger partial charge in [-0.05, 0) is 52.6 Å². The third kappa shape index (κ3) is 1.49. The van der Waals surface area contributed by atoms with Gasteiger partial charge in [-0.3, -0.25) is 4.90 Å². The molecule has 3 heteroatoms. The second kappa shape index (κ2) is 3.88. The van der Waals surface area contributed by atoms with Crippen LogP contribution in [-0.4, -0.2) is 28.0 Å². The van der Waals surface area contributed by atoms with Gasteiger partial charge < -0.3 is 4.57 Å². The number of fused-ring (bicyclic) bond motifs is 1. The minimum absolute atomic E-state index is 0.564. The van der Waals surface area contributed by atoms with Crippen molar-refractivity contribution in [3.05, 3.63) is 17.7 Å². The zero-order valence-electron chi connectivity index (χ0n) is 10.3. The predicted octanol–water partition coefficient (Wildman–Crippen LogP) is 2.55. The van der Waals surface area contributed by atoms with Crippen LogP contribution in [0.4, 0.5) is 0 Å². The Balaban J connectivity index is 1.98. The van der Waals surface area contributed by atoms with Crippen LogP contribution in [0.2, 0.25) is 0 Å². The van der Waals surface area contributed by atoms with Crippen molar-refractivity contribution in [1.82, 2.24) is 14.5 Å². The number of rotatable bonds is 1. The molecule has 0 aromatic carbocycles. The van der Waals surface area contributed by atoms with E-state index in [1.165, 1.54) is 50.2 Å². The van der Waals surface area contributed by atoms with Gasteiger partial charge in [0, 0.05) is 17.9 Å². The van der Waals surface area contributed by atoms with Gasteiger partial charge in [0.2, 0.25) is 0 Å². The lowest BCUT2D eigenvalue weighted by atomic mass is 10.0. The molecule has 0 radical (unpaired) electrons. The lowest BCUT2D eigenvalue weighted by Crippen LogP contribution is -2.24. The summed E-state index contributed by atoms with van der Waals surface area (Å²) in [6.07, 6.45) is 8.56. The molecule has 3 rings (SSSR count). The molecule has 1 aromatic rings. The van der Waals surface area contributed by atoms with Gasteiger partial charge >= 0.3 is 0 Å². The maximum absolute atomic E-state index is 4.70. The van der Waals surface area contributed by atoms with Crippen molar-refractivity contribution < 1.29 is 0 Å². The third-order valence-electron chi connectivity index (χ3n) is 4.22. The van der Waals surface area contributed by atoms with E-state index in [1.54, 1.807) is 0 Å². The lowest BCUT2D eigenvalue weighted by Gasteiger charge is -2.28. The van der Waals surface area contributed by atoms with Crippen LogP contribution in [-0.2, 0) is 6.42 Å². The summed E-state index contributed by atoms with van der Waals surface area (Å²) in [4.78, 5) is 7.16. The zero-order chi connectivity index (χ0) is 11.1. The fourth-order valence-corrected chi connectivity index (χ4v) is 3.30. The lowest BCUT2D eigenvalue weighted by molar-refractivity contribution is 0.285. The molecule has 0 N–H and O–H groups in total. The second-order valence-corrected chi connectivity index (χ2v) is 5.36. The Kier molecular flexibility index (Phi) is 2.51. The van der Waals surface area contributed by atoms with Gasteiger partial charge in [0.25, 0.3) is 0 Å². The van der Waals surface area contributed by atoms with E-state index in [2.05, 4.69) is 29.6 Å². The Bertz CT molecular complexity index is 383. The van der Waals surface area contributed by atoms with E-state index < -0.39 is 0 Å². The first-order chi connectivity index (χ1) is 7.77. The molecule has 1 fully saturated rings. The van der Waals surface area contributed by atoms with Crippen molar-refractivity contribution in [2.24, 2.45) is 0 Å². The van der Waals surface area contributed by atoms with E-state index in [0.717, 1.165) is 0 Å². The Morgan fingerprint density at radius 3 is 2.94 bits per heavy atom. The monoisotopic (exact) mass is 219 g/mol. The predicted molar refractivity (Wildman–Crippen MR) is 64.5 cm³/mol. The van der Waals surface area contributed by atoms with E-state index in [-0.39, 0.29) is 0 Å². The SMILES string of the molecule is CC1CCCc2cnc(C3CCCN3C)n21. The highest BCUT2D eigenvalue weighted by molar-refractivity contribution is 5.13. The highest BCUT2D eigenvalue weighted by Crippen LogP contribution is 2.34. The van der Waals surface area contributed by atoms with Crippen LogP contribution in [0.1, 0.15) is 56.2 Å². The largest absolute Gasteiger partial charge is 0.328 e. The number of hydrogen-bond donors (Lipinski definition) is 0. The number of hydrogen-bond acceptors (Lipinski definition) is 2. The van der Waals surface area contributed by atoms with Gasteiger partial charge in [0.1, 0.15) is 5.82 Å². The van der Waals surface area contributed by atoms with Crippen LogP contribution >= 0.6 is 0 Å². The quantitative estimate of drug-likeness (QED) is 0.723. The number of likely N-dealkylation sites (tertiary alicyclic amines) is 1. The van der Waals surface area contributed by atoms with Crippen molar-refractivity contribution in [2.75, 3.05) is 13.6 Å².